The molecule has 0 saturated heterocycles. The van der Waals surface area contributed by atoms with Gasteiger partial charge in [-0.15, -0.1) is 0 Å². The van der Waals surface area contributed by atoms with Crippen LogP contribution in [0.5, 0.6) is 0 Å². The van der Waals surface area contributed by atoms with Crippen LogP contribution in [0.3, 0.4) is 0 Å². The molecule has 0 aliphatic carbocycles. The Morgan fingerprint density at radius 3 is 2.36 bits per heavy atom. The van der Waals surface area contributed by atoms with E-state index < -0.39 is 18.4 Å². The van der Waals surface area contributed by atoms with Crippen molar-refractivity contribution >= 4 is 11.9 Å². The zero-order valence-corrected chi connectivity index (χ0v) is 11.7. The number of unbranched alkanes of at least 4 members (excludes halogenated alkanes) is 2. The molecule has 14 heavy (non-hydrogen) atoms. The zero-order chi connectivity index (χ0) is 10.3. The van der Waals surface area contributed by atoms with E-state index in [-0.39, 0.29) is 57.0 Å². The summed E-state index contributed by atoms with van der Waals surface area (Å²) in [6.45, 7) is 1.98. The average Bonchev–Trinajstić information content (AvgIpc) is 2.02. The Bertz CT molecular complexity index is 223. The van der Waals surface area contributed by atoms with E-state index in [4.69, 9.17) is 5.11 Å². The SMILES string of the molecule is CCCC/C=C(/CC(=O)[O-])C(=O)O.[K+]. The summed E-state index contributed by atoms with van der Waals surface area (Å²) >= 11 is 0. The summed E-state index contributed by atoms with van der Waals surface area (Å²) in [5.74, 6) is -2.54. The van der Waals surface area contributed by atoms with Crippen molar-refractivity contribution in [2.45, 2.75) is 32.6 Å². The summed E-state index contributed by atoms with van der Waals surface area (Å²) in [5, 5.41) is 18.7. The van der Waals surface area contributed by atoms with E-state index in [9.17, 15) is 14.7 Å². The fourth-order valence-corrected chi connectivity index (χ4v) is 0.871. The summed E-state index contributed by atoms with van der Waals surface area (Å²) in [6, 6.07) is 0. The molecule has 0 heterocycles. The van der Waals surface area contributed by atoms with Gasteiger partial charge in [0.1, 0.15) is 0 Å². The van der Waals surface area contributed by atoms with E-state index in [2.05, 4.69) is 0 Å². The largest absolute Gasteiger partial charge is 1.00 e. The van der Waals surface area contributed by atoms with Gasteiger partial charge in [-0.05, 0) is 6.42 Å². The van der Waals surface area contributed by atoms with Gasteiger partial charge in [0.15, 0.2) is 0 Å². The van der Waals surface area contributed by atoms with E-state index in [1.54, 1.807) is 0 Å². The van der Waals surface area contributed by atoms with Gasteiger partial charge in [-0.3, -0.25) is 0 Å². The molecular formula is C9H13KO4. The molecule has 0 fully saturated rings. The molecule has 0 aromatic carbocycles. The minimum absolute atomic E-state index is 0. The molecule has 0 rings (SSSR count). The van der Waals surface area contributed by atoms with Crippen molar-refractivity contribution in [3.8, 4) is 0 Å². The average molecular weight is 224 g/mol. The van der Waals surface area contributed by atoms with Gasteiger partial charge in [0, 0.05) is 18.0 Å². The van der Waals surface area contributed by atoms with E-state index in [1.807, 2.05) is 6.92 Å². The Morgan fingerprint density at radius 2 is 2.00 bits per heavy atom. The zero-order valence-electron chi connectivity index (χ0n) is 8.58. The molecule has 0 radical (unpaired) electrons. The summed E-state index contributed by atoms with van der Waals surface area (Å²) in [6.07, 6.45) is 3.35. The number of carbonyl (C=O) groups excluding carboxylic acids is 1. The maximum atomic E-state index is 10.5. The third-order valence-corrected chi connectivity index (χ3v) is 1.56. The van der Waals surface area contributed by atoms with Crippen LogP contribution in [0.25, 0.3) is 0 Å². The molecule has 0 bridgehead atoms. The molecule has 0 atom stereocenters. The molecule has 0 saturated carbocycles. The van der Waals surface area contributed by atoms with Crippen LogP contribution in [0.15, 0.2) is 11.6 Å². The molecule has 0 aromatic heterocycles. The molecule has 0 amide bonds. The number of carboxylic acids is 2. The van der Waals surface area contributed by atoms with Crippen LogP contribution < -0.4 is 56.5 Å². The molecule has 0 unspecified atom stereocenters. The van der Waals surface area contributed by atoms with Gasteiger partial charge in [0.2, 0.25) is 0 Å². The van der Waals surface area contributed by atoms with Gasteiger partial charge < -0.3 is 15.0 Å². The summed E-state index contributed by atoms with van der Waals surface area (Å²) < 4.78 is 0. The Balaban J connectivity index is 0. The van der Waals surface area contributed by atoms with Crippen LogP contribution in [0.2, 0.25) is 0 Å². The molecule has 0 spiro atoms. The van der Waals surface area contributed by atoms with Crippen LogP contribution in [0.4, 0.5) is 0 Å². The van der Waals surface area contributed by atoms with Gasteiger partial charge in [-0.2, -0.15) is 0 Å². The van der Waals surface area contributed by atoms with Crippen LogP contribution in [-0.2, 0) is 9.59 Å². The summed E-state index contributed by atoms with van der Waals surface area (Å²) in [5.41, 5.74) is -0.0894. The first-order valence-corrected chi connectivity index (χ1v) is 4.20. The number of allylic oxidation sites excluding steroid dienone is 1. The first-order valence-electron chi connectivity index (χ1n) is 4.20. The fraction of sp³-hybridized carbons (Fsp3) is 0.556. The van der Waals surface area contributed by atoms with Crippen LogP contribution >= 0.6 is 0 Å². The number of carbonyl (C=O) groups is 2. The molecule has 0 aliphatic rings. The Hall–Kier alpha value is 0.316. The van der Waals surface area contributed by atoms with Gasteiger partial charge >= 0.3 is 57.4 Å². The van der Waals surface area contributed by atoms with E-state index in [0.717, 1.165) is 12.8 Å². The van der Waals surface area contributed by atoms with Crippen LogP contribution in [0.1, 0.15) is 32.6 Å². The molecule has 0 aromatic rings. The topological polar surface area (TPSA) is 77.4 Å². The second kappa shape index (κ2) is 9.86. The summed E-state index contributed by atoms with van der Waals surface area (Å²) in [4.78, 5) is 20.6. The molecule has 4 nitrogen and oxygen atoms in total. The second-order valence-electron chi connectivity index (χ2n) is 2.73. The normalized spacial score (nSPS) is 10.5. The van der Waals surface area contributed by atoms with Gasteiger partial charge in [-0.25, -0.2) is 4.79 Å². The van der Waals surface area contributed by atoms with E-state index >= 15 is 0 Å². The first kappa shape index (κ1) is 16.7. The Morgan fingerprint density at radius 1 is 1.43 bits per heavy atom. The summed E-state index contributed by atoms with van der Waals surface area (Å²) in [7, 11) is 0. The maximum absolute atomic E-state index is 10.5. The van der Waals surface area contributed by atoms with Crippen LogP contribution in [-0.4, -0.2) is 17.0 Å². The van der Waals surface area contributed by atoms with Crippen LogP contribution in [0, 0.1) is 0 Å². The molecule has 74 valence electrons. The van der Waals surface area contributed by atoms with Crippen molar-refractivity contribution in [3.63, 3.8) is 0 Å². The minimum atomic E-state index is -1.36. The Kier molecular flexibility index (Phi) is 11.8. The number of carboxylic acid groups (broad SMARTS) is 2. The second-order valence-corrected chi connectivity index (χ2v) is 2.73. The van der Waals surface area contributed by atoms with E-state index in [0.29, 0.717) is 6.42 Å². The Labute approximate surface area is 126 Å². The predicted octanol–water partition coefficient (Wildman–Crippen LogP) is -2.67. The van der Waals surface area contributed by atoms with Crippen molar-refractivity contribution in [1.29, 1.82) is 0 Å². The van der Waals surface area contributed by atoms with Gasteiger partial charge in [0.05, 0.1) is 0 Å². The third kappa shape index (κ3) is 8.89. The maximum Gasteiger partial charge on any atom is 1.00 e. The van der Waals surface area contributed by atoms with E-state index in [1.165, 1.54) is 6.08 Å². The monoisotopic (exact) mass is 224 g/mol. The quantitative estimate of drug-likeness (QED) is 0.303. The number of rotatable bonds is 6. The van der Waals surface area contributed by atoms with Crippen molar-refractivity contribution in [3.05, 3.63) is 11.6 Å². The smallest absolute Gasteiger partial charge is 0.550 e. The predicted molar refractivity (Wildman–Crippen MR) is 44.9 cm³/mol. The molecular weight excluding hydrogens is 211 g/mol. The van der Waals surface area contributed by atoms with Gasteiger partial charge in [-0.1, -0.05) is 25.8 Å². The molecule has 0 aliphatic heterocycles. The first-order chi connectivity index (χ1) is 6.07. The minimum Gasteiger partial charge on any atom is -0.550 e. The number of hydrogen-bond donors (Lipinski definition) is 1. The van der Waals surface area contributed by atoms with Gasteiger partial charge in [0.25, 0.3) is 0 Å². The standard InChI is InChI=1S/C9H14O4.K/c1-2-3-4-5-7(9(12)13)6-8(10)11;/h5H,2-4,6H2,1H3,(H,10,11)(H,12,13);/q;+1/p-1/b7-5-;. The van der Waals surface area contributed by atoms with Crippen molar-refractivity contribution < 1.29 is 71.2 Å². The third-order valence-electron chi connectivity index (χ3n) is 1.56. The van der Waals surface area contributed by atoms with Crippen molar-refractivity contribution in [2.24, 2.45) is 0 Å². The number of aliphatic carboxylic acids is 2. The van der Waals surface area contributed by atoms with Crippen molar-refractivity contribution in [2.75, 3.05) is 0 Å². The number of hydrogen-bond acceptors (Lipinski definition) is 3. The molecule has 5 heteroatoms. The molecule has 1 N–H and O–H groups in total. The fourth-order valence-electron chi connectivity index (χ4n) is 0.871. The van der Waals surface area contributed by atoms with Crippen molar-refractivity contribution in [1.82, 2.24) is 0 Å².